The third-order valence-electron chi connectivity index (χ3n) is 3.46. The van der Waals surface area contributed by atoms with Crippen LogP contribution in [-0.2, 0) is 6.42 Å². The van der Waals surface area contributed by atoms with E-state index >= 15 is 0 Å². The molecule has 0 spiro atoms. The fraction of sp³-hybridized carbons (Fsp3) is 0.111. The molecule has 0 radical (unpaired) electrons. The molecule has 4 heteroatoms. The monoisotopic (exact) mass is 309 g/mol. The van der Waals surface area contributed by atoms with Gasteiger partial charge in [-0.25, -0.2) is 4.31 Å². The standard InChI is InChI=1S/C18H15NO2S/c20-17-15-11-4-5-12-16(15)18(21)19(17)22-13-7-6-10-14-8-2-1-3-9-14/h1-5,7-9,11-13H,6,10H2/b13-7+. The first-order valence-corrected chi connectivity index (χ1v) is 7.94. The molecular weight excluding hydrogens is 294 g/mol. The Morgan fingerprint density at radius 2 is 1.45 bits per heavy atom. The van der Waals surface area contributed by atoms with Crippen molar-refractivity contribution in [2.24, 2.45) is 0 Å². The molecule has 2 aromatic carbocycles. The van der Waals surface area contributed by atoms with Gasteiger partial charge >= 0.3 is 0 Å². The lowest BCUT2D eigenvalue weighted by Gasteiger charge is -2.08. The van der Waals surface area contributed by atoms with Crippen LogP contribution in [-0.4, -0.2) is 16.1 Å². The number of hydrogen-bond acceptors (Lipinski definition) is 3. The minimum atomic E-state index is -0.238. The zero-order valence-corrected chi connectivity index (χ0v) is 12.8. The lowest BCUT2D eigenvalue weighted by molar-refractivity contribution is 0.0778. The van der Waals surface area contributed by atoms with Gasteiger partial charge < -0.3 is 0 Å². The number of carbonyl (C=O) groups is 2. The summed E-state index contributed by atoms with van der Waals surface area (Å²) in [6, 6.07) is 17.1. The van der Waals surface area contributed by atoms with E-state index in [-0.39, 0.29) is 11.8 Å². The van der Waals surface area contributed by atoms with Gasteiger partial charge in [0, 0.05) is 0 Å². The highest BCUT2D eigenvalue weighted by atomic mass is 32.2. The summed E-state index contributed by atoms with van der Waals surface area (Å²) in [5.41, 5.74) is 2.24. The minimum absolute atomic E-state index is 0.238. The summed E-state index contributed by atoms with van der Waals surface area (Å²) in [6.07, 6.45) is 3.81. The molecule has 1 heterocycles. The summed E-state index contributed by atoms with van der Waals surface area (Å²) in [7, 11) is 0. The highest BCUT2D eigenvalue weighted by Gasteiger charge is 2.35. The second-order valence-corrected chi connectivity index (χ2v) is 5.80. The molecule has 0 aliphatic carbocycles. The molecule has 1 aliphatic heterocycles. The number of carbonyl (C=O) groups excluding carboxylic acids is 2. The molecular formula is C18H15NO2S. The predicted octanol–water partition coefficient (Wildman–Crippen LogP) is 4.08. The largest absolute Gasteiger partial charge is 0.272 e. The van der Waals surface area contributed by atoms with Gasteiger partial charge in [0.2, 0.25) is 0 Å². The summed E-state index contributed by atoms with van der Waals surface area (Å²) in [5.74, 6) is -0.475. The molecule has 3 rings (SSSR count). The summed E-state index contributed by atoms with van der Waals surface area (Å²) in [5, 5.41) is 1.81. The van der Waals surface area contributed by atoms with Crippen molar-refractivity contribution in [2.75, 3.05) is 0 Å². The molecule has 0 atom stereocenters. The fourth-order valence-electron chi connectivity index (χ4n) is 2.33. The molecule has 0 unspecified atom stereocenters. The first kappa shape index (κ1) is 14.6. The normalized spacial score (nSPS) is 13.9. The van der Waals surface area contributed by atoms with Gasteiger partial charge in [-0.3, -0.25) is 9.59 Å². The highest BCUT2D eigenvalue weighted by Crippen LogP contribution is 2.28. The molecule has 0 saturated heterocycles. The minimum Gasteiger partial charge on any atom is -0.268 e. The van der Waals surface area contributed by atoms with Crippen LogP contribution < -0.4 is 0 Å². The molecule has 110 valence electrons. The summed E-state index contributed by atoms with van der Waals surface area (Å²) in [4.78, 5) is 24.3. The number of allylic oxidation sites excluding steroid dienone is 1. The number of amides is 2. The number of aryl methyl sites for hydroxylation is 1. The number of imide groups is 1. The van der Waals surface area contributed by atoms with Gasteiger partial charge in [0.25, 0.3) is 11.8 Å². The first-order chi connectivity index (χ1) is 10.8. The maximum Gasteiger partial charge on any atom is 0.272 e. The Morgan fingerprint density at radius 3 is 2.09 bits per heavy atom. The van der Waals surface area contributed by atoms with Crippen LogP contribution in [0.5, 0.6) is 0 Å². The van der Waals surface area contributed by atoms with Crippen LogP contribution >= 0.6 is 11.9 Å². The predicted molar refractivity (Wildman–Crippen MR) is 88.4 cm³/mol. The molecule has 0 aromatic heterocycles. The Hall–Kier alpha value is -2.33. The number of hydrogen-bond donors (Lipinski definition) is 0. The SMILES string of the molecule is O=C1c2ccccc2C(=O)N1S/C=C/CCc1ccccc1. The van der Waals surface area contributed by atoms with E-state index in [1.165, 1.54) is 9.87 Å². The van der Waals surface area contributed by atoms with Crippen molar-refractivity contribution in [2.45, 2.75) is 12.8 Å². The summed E-state index contributed by atoms with van der Waals surface area (Å²) >= 11 is 1.15. The number of rotatable bonds is 5. The number of benzene rings is 2. The molecule has 22 heavy (non-hydrogen) atoms. The van der Waals surface area contributed by atoms with Crippen LogP contribution in [0.25, 0.3) is 0 Å². The van der Waals surface area contributed by atoms with Crippen molar-refractivity contribution < 1.29 is 9.59 Å². The molecule has 2 aromatic rings. The summed E-state index contributed by atoms with van der Waals surface area (Å²) in [6.45, 7) is 0. The van der Waals surface area contributed by atoms with Gasteiger partial charge in [0.05, 0.1) is 11.1 Å². The van der Waals surface area contributed by atoms with Crippen molar-refractivity contribution in [3.8, 4) is 0 Å². The van der Waals surface area contributed by atoms with Crippen LogP contribution in [0.2, 0.25) is 0 Å². The van der Waals surface area contributed by atoms with Crippen LogP contribution in [0.15, 0.2) is 66.1 Å². The third kappa shape index (κ3) is 2.97. The molecule has 3 nitrogen and oxygen atoms in total. The lowest BCUT2D eigenvalue weighted by Crippen LogP contribution is -2.21. The molecule has 0 saturated carbocycles. The van der Waals surface area contributed by atoms with Gasteiger partial charge in [-0.05, 0) is 47.9 Å². The molecule has 1 aliphatic rings. The van der Waals surface area contributed by atoms with E-state index in [4.69, 9.17) is 0 Å². The Morgan fingerprint density at radius 1 is 0.864 bits per heavy atom. The van der Waals surface area contributed by atoms with Gasteiger partial charge in [0.15, 0.2) is 0 Å². The van der Waals surface area contributed by atoms with E-state index in [2.05, 4.69) is 12.1 Å². The molecule has 0 bridgehead atoms. The zero-order valence-electron chi connectivity index (χ0n) is 11.9. The van der Waals surface area contributed by atoms with Gasteiger partial charge in [0.1, 0.15) is 0 Å². The van der Waals surface area contributed by atoms with Gasteiger partial charge in [-0.1, -0.05) is 48.5 Å². The maximum atomic E-state index is 12.1. The lowest BCUT2D eigenvalue weighted by atomic mass is 10.1. The number of nitrogens with zero attached hydrogens (tertiary/aromatic N) is 1. The molecule has 2 amide bonds. The number of fused-ring (bicyclic) bond motifs is 1. The van der Waals surface area contributed by atoms with E-state index < -0.39 is 0 Å². The average Bonchev–Trinajstić information content (AvgIpc) is 2.81. The van der Waals surface area contributed by atoms with Crippen molar-refractivity contribution in [1.82, 2.24) is 4.31 Å². The van der Waals surface area contributed by atoms with E-state index in [1.807, 2.05) is 29.7 Å². The van der Waals surface area contributed by atoms with E-state index in [0.29, 0.717) is 11.1 Å². The quantitative estimate of drug-likeness (QED) is 0.617. The Labute approximate surface area is 133 Å². The van der Waals surface area contributed by atoms with Crippen LogP contribution in [0.4, 0.5) is 0 Å². The van der Waals surface area contributed by atoms with E-state index in [1.54, 1.807) is 24.3 Å². The van der Waals surface area contributed by atoms with E-state index in [9.17, 15) is 9.59 Å². The Balaban J connectivity index is 1.55. The van der Waals surface area contributed by atoms with Crippen LogP contribution in [0.1, 0.15) is 32.7 Å². The summed E-state index contributed by atoms with van der Waals surface area (Å²) < 4.78 is 1.21. The van der Waals surface area contributed by atoms with Crippen LogP contribution in [0.3, 0.4) is 0 Å². The average molecular weight is 309 g/mol. The second kappa shape index (κ2) is 6.62. The first-order valence-electron chi connectivity index (χ1n) is 7.11. The molecule has 0 N–H and O–H groups in total. The van der Waals surface area contributed by atoms with Gasteiger partial charge in [-0.15, -0.1) is 0 Å². The van der Waals surface area contributed by atoms with Crippen molar-refractivity contribution >= 4 is 23.8 Å². The maximum absolute atomic E-state index is 12.1. The van der Waals surface area contributed by atoms with Crippen molar-refractivity contribution in [3.63, 3.8) is 0 Å². The van der Waals surface area contributed by atoms with Crippen molar-refractivity contribution in [3.05, 3.63) is 82.8 Å². The second-order valence-electron chi connectivity index (χ2n) is 4.95. The Kier molecular flexibility index (Phi) is 4.39. The van der Waals surface area contributed by atoms with Crippen LogP contribution in [0, 0.1) is 0 Å². The Bertz CT molecular complexity index is 690. The topological polar surface area (TPSA) is 37.4 Å². The fourth-order valence-corrected chi connectivity index (χ4v) is 3.06. The third-order valence-corrected chi connectivity index (χ3v) is 4.32. The zero-order chi connectivity index (χ0) is 15.4. The van der Waals surface area contributed by atoms with E-state index in [0.717, 1.165) is 24.8 Å². The van der Waals surface area contributed by atoms with Crippen molar-refractivity contribution in [1.29, 1.82) is 0 Å². The van der Waals surface area contributed by atoms with Gasteiger partial charge in [-0.2, -0.15) is 0 Å². The highest BCUT2D eigenvalue weighted by molar-refractivity contribution is 8.01. The smallest absolute Gasteiger partial charge is 0.268 e. The molecule has 0 fully saturated rings.